The van der Waals surface area contributed by atoms with E-state index in [1.165, 1.54) is 4.90 Å². The predicted molar refractivity (Wildman–Crippen MR) is 107 cm³/mol. The van der Waals surface area contributed by atoms with Crippen LogP contribution < -0.4 is 10.6 Å². The van der Waals surface area contributed by atoms with Crippen molar-refractivity contribution in [2.45, 2.75) is 64.5 Å². The summed E-state index contributed by atoms with van der Waals surface area (Å²) in [7, 11) is 0. The minimum atomic E-state index is -0.342. The molecule has 0 spiro atoms. The number of nitrogens with one attached hydrogen (secondary N) is 2. The van der Waals surface area contributed by atoms with Crippen LogP contribution in [0.3, 0.4) is 0 Å². The number of hydrogen-bond acceptors (Lipinski definition) is 4. The van der Waals surface area contributed by atoms with Gasteiger partial charge in [-0.1, -0.05) is 19.3 Å². The molecule has 7 nitrogen and oxygen atoms in total. The Labute approximate surface area is 165 Å². The zero-order chi connectivity index (χ0) is 20.1. The number of carbonyl (C=O) groups is 3. The van der Waals surface area contributed by atoms with Crippen molar-refractivity contribution in [3.63, 3.8) is 0 Å². The maximum absolute atomic E-state index is 12.8. The number of amides is 4. The molecule has 1 aromatic carbocycles. The van der Waals surface area contributed by atoms with Crippen LogP contribution in [-0.4, -0.2) is 48.0 Å². The van der Waals surface area contributed by atoms with Gasteiger partial charge in [0.05, 0.1) is 17.2 Å². The second-order valence-electron chi connectivity index (χ2n) is 7.69. The minimum Gasteiger partial charge on any atom is -0.379 e. The molecule has 1 fully saturated rings. The molecule has 28 heavy (non-hydrogen) atoms. The topological polar surface area (TPSA) is 87.7 Å². The van der Waals surface area contributed by atoms with E-state index < -0.39 is 0 Å². The fraction of sp³-hybridized carbons (Fsp3) is 0.571. The number of urea groups is 1. The zero-order valence-electron chi connectivity index (χ0n) is 16.6. The number of ether oxygens (including phenoxy) is 1. The molecule has 0 radical (unpaired) electrons. The first kappa shape index (κ1) is 20.3. The van der Waals surface area contributed by atoms with Gasteiger partial charge in [0, 0.05) is 24.9 Å². The molecule has 0 saturated heterocycles. The van der Waals surface area contributed by atoms with Crippen molar-refractivity contribution < 1.29 is 19.1 Å². The summed E-state index contributed by atoms with van der Waals surface area (Å²) in [5, 5.41) is 5.49. The highest BCUT2D eigenvalue weighted by atomic mass is 16.5. The van der Waals surface area contributed by atoms with E-state index in [0.29, 0.717) is 30.0 Å². The second kappa shape index (κ2) is 9.19. The summed E-state index contributed by atoms with van der Waals surface area (Å²) in [5.41, 5.74) is 1.30. The van der Waals surface area contributed by atoms with Gasteiger partial charge in [-0.3, -0.25) is 14.5 Å². The summed E-state index contributed by atoms with van der Waals surface area (Å²) in [4.78, 5) is 39.0. The van der Waals surface area contributed by atoms with E-state index in [1.807, 2.05) is 13.8 Å². The van der Waals surface area contributed by atoms with E-state index in [4.69, 9.17) is 4.74 Å². The van der Waals surface area contributed by atoms with Gasteiger partial charge in [-0.15, -0.1) is 0 Å². The zero-order valence-corrected chi connectivity index (χ0v) is 16.6. The number of imide groups is 1. The standard InChI is InChI=1S/C21H29N3O4/c1-14(2)28-12-6-11-22-21(27)23-15-9-10-17-18(13-15)20(26)24(19(17)25)16-7-4-3-5-8-16/h9-10,13-14,16H,3-8,11-12H2,1-2H3,(H2,22,23,27). The van der Waals surface area contributed by atoms with Crippen molar-refractivity contribution in [3.05, 3.63) is 29.3 Å². The Morgan fingerprint density at radius 1 is 1.14 bits per heavy atom. The quantitative estimate of drug-likeness (QED) is 0.553. The highest BCUT2D eigenvalue weighted by Gasteiger charge is 2.40. The Balaban J connectivity index is 1.57. The molecule has 2 N–H and O–H groups in total. The molecule has 1 aliphatic heterocycles. The lowest BCUT2D eigenvalue weighted by atomic mass is 9.94. The largest absolute Gasteiger partial charge is 0.379 e. The number of hydrogen-bond donors (Lipinski definition) is 2. The Kier molecular flexibility index (Phi) is 6.67. The van der Waals surface area contributed by atoms with E-state index in [1.54, 1.807) is 18.2 Å². The first-order valence-electron chi connectivity index (χ1n) is 10.2. The van der Waals surface area contributed by atoms with Crippen molar-refractivity contribution in [3.8, 4) is 0 Å². The van der Waals surface area contributed by atoms with Crippen LogP contribution in [0.25, 0.3) is 0 Å². The number of benzene rings is 1. The van der Waals surface area contributed by atoms with Gasteiger partial charge >= 0.3 is 6.03 Å². The van der Waals surface area contributed by atoms with Gasteiger partial charge in [0.15, 0.2) is 0 Å². The molecule has 0 bridgehead atoms. The Morgan fingerprint density at radius 3 is 2.57 bits per heavy atom. The van der Waals surface area contributed by atoms with Crippen molar-refractivity contribution in [2.75, 3.05) is 18.5 Å². The normalized spacial score (nSPS) is 17.2. The highest BCUT2D eigenvalue weighted by Crippen LogP contribution is 2.32. The smallest absolute Gasteiger partial charge is 0.319 e. The van der Waals surface area contributed by atoms with E-state index in [-0.39, 0.29) is 30.0 Å². The molecule has 0 aromatic heterocycles. The molecule has 0 atom stereocenters. The maximum atomic E-state index is 12.8. The number of fused-ring (bicyclic) bond motifs is 1. The number of carbonyl (C=O) groups excluding carboxylic acids is 3. The van der Waals surface area contributed by atoms with Gasteiger partial charge < -0.3 is 15.4 Å². The average Bonchev–Trinajstić information content (AvgIpc) is 2.92. The lowest BCUT2D eigenvalue weighted by Gasteiger charge is -2.29. The van der Waals surface area contributed by atoms with Crippen LogP contribution in [0, 0.1) is 0 Å². The molecule has 7 heteroatoms. The molecule has 3 rings (SSSR count). The van der Waals surface area contributed by atoms with Crippen molar-refractivity contribution in [1.82, 2.24) is 10.2 Å². The second-order valence-corrected chi connectivity index (χ2v) is 7.69. The molecule has 1 aliphatic carbocycles. The Morgan fingerprint density at radius 2 is 1.86 bits per heavy atom. The van der Waals surface area contributed by atoms with E-state index in [2.05, 4.69) is 10.6 Å². The number of rotatable bonds is 7. The lowest BCUT2D eigenvalue weighted by molar-refractivity contribution is 0.0548. The molecular formula is C21H29N3O4. The van der Waals surface area contributed by atoms with Gasteiger partial charge in [-0.2, -0.15) is 0 Å². The predicted octanol–water partition coefficient (Wildman–Crippen LogP) is 3.55. The molecular weight excluding hydrogens is 358 g/mol. The van der Waals surface area contributed by atoms with Crippen LogP contribution in [0.15, 0.2) is 18.2 Å². The summed E-state index contributed by atoms with van der Waals surface area (Å²) in [5.74, 6) is -0.463. The van der Waals surface area contributed by atoms with Crippen molar-refractivity contribution in [2.24, 2.45) is 0 Å². The monoisotopic (exact) mass is 387 g/mol. The van der Waals surface area contributed by atoms with Crippen molar-refractivity contribution in [1.29, 1.82) is 0 Å². The summed E-state index contributed by atoms with van der Waals surface area (Å²) < 4.78 is 5.43. The van der Waals surface area contributed by atoms with E-state index in [0.717, 1.165) is 38.5 Å². The van der Waals surface area contributed by atoms with Crippen LogP contribution in [0.1, 0.15) is 73.1 Å². The van der Waals surface area contributed by atoms with E-state index in [9.17, 15) is 14.4 Å². The summed E-state index contributed by atoms with van der Waals surface area (Å²) in [6.45, 7) is 5.02. The van der Waals surface area contributed by atoms with Crippen LogP contribution in [0.2, 0.25) is 0 Å². The van der Waals surface area contributed by atoms with Gasteiger partial charge in [-0.05, 0) is 51.3 Å². The van der Waals surface area contributed by atoms with Crippen LogP contribution in [0.5, 0.6) is 0 Å². The van der Waals surface area contributed by atoms with Gasteiger partial charge in [0.25, 0.3) is 11.8 Å². The third-order valence-electron chi connectivity index (χ3n) is 5.17. The summed E-state index contributed by atoms with van der Waals surface area (Å²) >= 11 is 0. The SMILES string of the molecule is CC(C)OCCCNC(=O)Nc1ccc2c(c1)C(=O)N(C1CCCCC1)C2=O. The van der Waals surface area contributed by atoms with Crippen LogP contribution in [-0.2, 0) is 4.74 Å². The molecule has 0 unspecified atom stereocenters. The average molecular weight is 387 g/mol. The molecule has 2 aliphatic rings. The summed E-state index contributed by atoms with van der Waals surface area (Å²) in [6, 6.07) is 4.54. The molecule has 4 amide bonds. The fourth-order valence-electron chi connectivity index (χ4n) is 3.78. The Bertz CT molecular complexity index is 741. The first-order chi connectivity index (χ1) is 13.5. The lowest BCUT2D eigenvalue weighted by Crippen LogP contribution is -2.40. The molecule has 1 aromatic rings. The third kappa shape index (κ3) is 4.70. The fourth-order valence-corrected chi connectivity index (χ4v) is 3.78. The van der Waals surface area contributed by atoms with Crippen LogP contribution >= 0.6 is 0 Å². The summed E-state index contributed by atoms with van der Waals surface area (Å²) in [6.07, 6.45) is 5.90. The first-order valence-corrected chi connectivity index (χ1v) is 10.2. The highest BCUT2D eigenvalue weighted by molar-refractivity contribution is 6.22. The van der Waals surface area contributed by atoms with Gasteiger partial charge in [0.1, 0.15) is 0 Å². The van der Waals surface area contributed by atoms with Crippen molar-refractivity contribution >= 4 is 23.5 Å². The molecule has 1 saturated carbocycles. The van der Waals surface area contributed by atoms with E-state index >= 15 is 0 Å². The Hall–Kier alpha value is -2.41. The minimum absolute atomic E-state index is 0.00563. The van der Waals surface area contributed by atoms with Gasteiger partial charge in [0.2, 0.25) is 0 Å². The maximum Gasteiger partial charge on any atom is 0.319 e. The third-order valence-corrected chi connectivity index (χ3v) is 5.17. The number of anilines is 1. The number of nitrogens with zero attached hydrogens (tertiary/aromatic N) is 1. The molecule has 1 heterocycles. The van der Waals surface area contributed by atoms with Gasteiger partial charge in [-0.25, -0.2) is 4.79 Å². The van der Waals surface area contributed by atoms with Crippen LogP contribution in [0.4, 0.5) is 10.5 Å². The molecule has 152 valence electrons.